The highest BCUT2D eigenvalue weighted by Gasteiger charge is 2.49. The lowest BCUT2D eigenvalue weighted by atomic mass is 10.0. The van der Waals surface area contributed by atoms with Gasteiger partial charge in [-0.25, -0.2) is 0 Å². The standard InChI is InChI=1S/C18H23N3O2/c1-11-17(12(2)20(3)19-11)15-6-4-8-21(15)18(22)14-10-13(14)16-7-5-9-23-16/h5,7,9,13-15H,4,6,8,10H2,1-3H3. The molecule has 3 unspecified atom stereocenters. The normalized spacial score (nSPS) is 26.7. The number of likely N-dealkylation sites (tertiary alicyclic amines) is 1. The van der Waals surface area contributed by atoms with Gasteiger partial charge in [0.25, 0.3) is 0 Å². The number of aromatic nitrogens is 2. The molecule has 2 aliphatic rings. The van der Waals surface area contributed by atoms with Crippen LogP contribution < -0.4 is 0 Å². The molecule has 23 heavy (non-hydrogen) atoms. The van der Waals surface area contributed by atoms with E-state index in [0.29, 0.717) is 0 Å². The number of furan rings is 1. The van der Waals surface area contributed by atoms with Crippen LogP contribution in [0.2, 0.25) is 0 Å². The minimum Gasteiger partial charge on any atom is -0.469 e. The quantitative estimate of drug-likeness (QED) is 0.875. The third-order valence-corrected chi connectivity index (χ3v) is 5.45. The summed E-state index contributed by atoms with van der Waals surface area (Å²) in [6, 6.07) is 4.07. The summed E-state index contributed by atoms with van der Waals surface area (Å²) in [7, 11) is 1.97. The second-order valence-corrected chi connectivity index (χ2v) is 6.86. The van der Waals surface area contributed by atoms with Crippen LogP contribution in [0.15, 0.2) is 22.8 Å². The Kier molecular flexibility index (Phi) is 3.32. The van der Waals surface area contributed by atoms with Gasteiger partial charge in [0.15, 0.2) is 0 Å². The summed E-state index contributed by atoms with van der Waals surface area (Å²) in [6.07, 6.45) is 4.72. The molecule has 2 aromatic rings. The van der Waals surface area contributed by atoms with Crippen molar-refractivity contribution >= 4 is 5.91 Å². The molecule has 1 aliphatic carbocycles. The molecule has 4 rings (SSSR count). The molecule has 122 valence electrons. The minimum atomic E-state index is 0.0963. The Bertz CT molecular complexity index is 732. The molecule has 3 heterocycles. The monoisotopic (exact) mass is 313 g/mol. The van der Waals surface area contributed by atoms with E-state index in [0.717, 1.165) is 37.3 Å². The van der Waals surface area contributed by atoms with E-state index < -0.39 is 0 Å². The van der Waals surface area contributed by atoms with E-state index in [2.05, 4.69) is 16.9 Å². The lowest BCUT2D eigenvalue weighted by molar-refractivity contribution is -0.133. The van der Waals surface area contributed by atoms with Crippen molar-refractivity contribution in [3.05, 3.63) is 41.1 Å². The molecule has 5 nitrogen and oxygen atoms in total. The van der Waals surface area contributed by atoms with Crippen LogP contribution >= 0.6 is 0 Å². The smallest absolute Gasteiger partial charge is 0.226 e. The number of nitrogens with zero attached hydrogens (tertiary/aromatic N) is 3. The molecule has 2 fully saturated rings. The highest BCUT2D eigenvalue weighted by atomic mass is 16.3. The lowest BCUT2D eigenvalue weighted by Crippen LogP contribution is -2.32. The number of carbonyl (C=O) groups is 1. The van der Waals surface area contributed by atoms with Crippen molar-refractivity contribution in [2.45, 2.75) is 45.1 Å². The molecule has 1 saturated carbocycles. The largest absolute Gasteiger partial charge is 0.469 e. The first-order valence-electron chi connectivity index (χ1n) is 8.42. The summed E-state index contributed by atoms with van der Waals surface area (Å²) >= 11 is 0. The third-order valence-electron chi connectivity index (χ3n) is 5.45. The predicted octanol–water partition coefficient (Wildman–Crippen LogP) is 3.10. The molecule has 0 aromatic carbocycles. The molecule has 1 aliphatic heterocycles. The van der Waals surface area contributed by atoms with Gasteiger partial charge in [0, 0.05) is 36.7 Å². The van der Waals surface area contributed by atoms with Crippen LogP contribution in [-0.2, 0) is 11.8 Å². The highest BCUT2D eigenvalue weighted by molar-refractivity contribution is 5.83. The van der Waals surface area contributed by atoms with E-state index in [1.165, 1.54) is 11.3 Å². The Morgan fingerprint density at radius 1 is 1.39 bits per heavy atom. The zero-order valence-corrected chi connectivity index (χ0v) is 14.0. The zero-order valence-electron chi connectivity index (χ0n) is 14.0. The van der Waals surface area contributed by atoms with Crippen molar-refractivity contribution in [1.29, 1.82) is 0 Å². The molecule has 0 bridgehead atoms. The summed E-state index contributed by atoms with van der Waals surface area (Å²) in [6.45, 7) is 5.00. The van der Waals surface area contributed by atoms with Crippen LogP contribution in [0, 0.1) is 19.8 Å². The highest BCUT2D eigenvalue weighted by Crippen LogP contribution is 2.50. The Balaban J connectivity index is 1.55. The van der Waals surface area contributed by atoms with E-state index in [-0.39, 0.29) is 23.8 Å². The molecule has 1 saturated heterocycles. The molecule has 0 radical (unpaired) electrons. The first-order chi connectivity index (χ1) is 11.1. The second-order valence-electron chi connectivity index (χ2n) is 6.86. The summed E-state index contributed by atoms with van der Waals surface area (Å²) in [5, 5.41) is 4.53. The van der Waals surface area contributed by atoms with Crippen molar-refractivity contribution in [3.8, 4) is 0 Å². The molecule has 0 spiro atoms. The molecule has 2 aromatic heterocycles. The number of carbonyl (C=O) groups excluding carboxylic acids is 1. The number of amides is 1. The van der Waals surface area contributed by atoms with Gasteiger partial charge in [-0.15, -0.1) is 0 Å². The van der Waals surface area contributed by atoms with Crippen molar-refractivity contribution < 1.29 is 9.21 Å². The number of rotatable bonds is 3. The SMILES string of the molecule is Cc1nn(C)c(C)c1C1CCCN1C(=O)C1CC1c1ccco1. The van der Waals surface area contributed by atoms with Gasteiger partial charge in [-0.2, -0.15) is 5.10 Å². The van der Waals surface area contributed by atoms with Gasteiger partial charge in [0.2, 0.25) is 5.91 Å². The van der Waals surface area contributed by atoms with Gasteiger partial charge < -0.3 is 9.32 Å². The maximum Gasteiger partial charge on any atom is 0.226 e. The summed E-state index contributed by atoms with van der Waals surface area (Å²) in [4.78, 5) is 15.1. The van der Waals surface area contributed by atoms with Gasteiger partial charge in [0.1, 0.15) is 5.76 Å². The maximum absolute atomic E-state index is 13.0. The van der Waals surface area contributed by atoms with Crippen molar-refractivity contribution in [2.24, 2.45) is 13.0 Å². The minimum absolute atomic E-state index is 0.0963. The van der Waals surface area contributed by atoms with Crippen molar-refractivity contribution in [2.75, 3.05) is 6.54 Å². The van der Waals surface area contributed by atoms with E-state index in [1.54, 1.807) is 6.26 Å². The number of aryl methyl sites for hydroxylation is 2. The summed E-state index contributed by atoms with van der Waals surface area (Å²) < 4.78 is 7.39. The first-order valence-corrected chi connectivity index (χ1v) is 8.42. The van der Waals surface area contributed by atoms with E-state index in [4.69, 9.17) is 4.42 Å². The average Bonchev–Trinajstić information content (AvgIpc) is 2.90. The Morgan fingerprint density at radius 2 is 2.22 bits per heavy atom. The van der Waals surface area contributed by atoms with Gasteiger partial charge in [-0.1, -0.05) is 0 Å². The fraction of sp³-hybridized carbons (Fsp3) is 0.556. The number of hydrogen-bond acceptors (Lipinski definition) is 3. The molecule has 3 atom stereocenters. The van der Waals surface area contributed by atoms with Crippen LogP contribution in [-0.4, -0.2) is 27.1 Å². The average molecular weight is 313 g/mol. The summed E-state index contributed by atoms with van der Waals surface area (Å²) in [5.74, 6) is 1.61. The first kappa shape index (κ1) is 14.5. The fourth-order valence-electron chi connectivity index (χ4n) is 4.10. The van der Waals surface area contributed by atoms with Crippen LogP contribution in [0.4, 0.5) is 0 Å². The van der Waals surface area contributed by atoms with Gasteiger partial charge in [-0.05, 0) is 45.2 Å². The lowest BCUT2D eigenvalue weighted by Gasteiger charge is -2.25. The molecular weight excluding hydrogens is 290 g/mol. The van der Waals surface area contributed by atoms with Crippen LogP contribution in [0.1, 0.15) is 53.9 Å². The fourth-order valence-corrected chi connectivity index (χ4v) is 4.10. The third kappa shape index (κ3) is 2.30. The van der Waals surface area contributed by atoms with Crippen LogP contribution in [0.3, 0.4) is 0 Å². The molecule has 0 N–H and O–H groups in total. The van der Waals surface area contributed by atoms with Crippen LogP contribution in [0.25, 0.3) is 0 Å². The van der Waals surface area contributed by atoms with E-state index in [9.17, 15) is 4.79 Å². The Morgan fingerprint density at radius 3 is 2.87 bits per heavy atom. The molecular formula is C18H23N3O2. The predicted molar refractivity (Wildman–Crippen MR) is 85.9 cm³/mol. The van der Waals surface area contributed by atoms with Gasteiger partial charge in [-0.3, -0.25) is 9.48 Å². The van der Waals surface area contributed by atoms with Gasteiger partial charge in [0.05, 0.1) is 18.0 Å². The summed E-state index contributed by atoms with van der Waals surface area (Å²) in [5.41, 5.74) is 3.47. The maximum atomic E-state index is 13.0. The number of hydrogen-bond donors (Lipinski definition) is 0. The van der Waals surface area contributed by atoms with E-state index in [1.807, 2.05) is 30.8 Å². The molecule has 1 amide bonds. The van der Waals surface area contributed by atoms with Gasteiger partial charge >= 0.3 is 0 Å². The molecule has 5 heteroatoms. The zero-order chi connectivity index (χ0) is 16.1. The Hall–Kier alpha value is -2.04. The Labute approximate surface area is 136 Å². The van der Waals surface area contributed by atoms with E-state index >= 15 is 0 Å². The van der Waals surface area contributed by atoms with Crippen molar-refractivity contribution in [3.63, 3.8) is 0 Å². The second kappa shape index (κ2) is 5.25. The van der Waals surface area contributed by atoms with Crippen LogP contribution in [0.5, 0.6) is 0 Å². The topological polar surface area (TPSA) is 51.3 Å². The van der Waals surface area contributed by atoms with Crippen molar-refractivity contribution in [1.82, 2.24) is 14.7 Å².